The molecule has 0 radical (unpaired) electrons. The van der Waals surface area contributed by atoms with E-state index in [1.165, 1.54) is 12.1 Å². The second-order valence-electron chi connectivity index (χ2n) is 6.08. The van der Waals surface area contributed by atoms with Crippen LogP contribution in [0.5, 0.6) is 0 Å². The SMILES string of the molecule is CC1(C)CC(=O)c2ccn(-c3ccc(F)cc3Br)c2C1. The fourth-order valence-corrected chi connectivity index (χ4v) is 3.39. The summed E-state index contributed by atoms with van der Waals surface area (Å²) < 4.78 is 15.9. The summed E-state index contributed by atoms with van der Waals surface area (Å²) in [4.78, 5) is 12.2. The van der Waals surface area contributed by atoms with E-state index in [2.05, 4.69) is 29.8 Å². The van der Waals surface area contributed by atoms with Gasteiger partial charge in [-0.05, 0) is 52.0 Å². The molecule has 1 aliphatic rings. The van der Waals surface area contributed by atoms with Crippen molar-refractivity contribution in [2.24, 2.45) is 5.41 Å². The number of nitrogens with zero attached hydrogens (tertiary/aromatic N) is 1. The lowest BCUT2D eigenvalue weighted by atomic mass is 9.76. The Bertz CT molecular complexity index is 702. The first-order valence-electron chi connectivity index (χ1n) is 6.56. The fraction of sp³-hybridized carbons (Fsp3) is 0.312. The number of halogens is 2. The number of benzene rings is 1. The van der Waals surface area contributed by atoms with E-state index in [1.54, 1.807) is 6.07 Å². The molecular formula is C16H15BrFNO. The first kappa shape index (κ1) is 13.6. The molecule has 0 unspecified atom stereocenters. The van der Waals surface area contributed by atoms with Gasteiger partial charge in [0.25, 0.3) is 0 Å². The topological polar surface area (TPSA) is 22.0 Å². The van der Waals surface area contributed by atoms with Crippen molar-refractivity contribution < 1.29 is 9.18 Å². The monoisotopic (exact) mass is 335 g/mol. The molecule has 4 heteroatoms. The van der Waals surface area contributed by atoms with Crippen molar-refractivity contribution in [3.63, 3.8) is 0 Å². The second kappa shape index (κ2) is 4.55. The number of rotatable bonds is 1. The maximum Gasteiger partial charge on any atom is 0.165 e. The van der Waals surface area contributed by atoms with Crippen LogP contribution >= 0.6 is 15.9 Å². The minimum absolute atomic E-state index is 0.0350. The molecule has 2 aromatic rings. The molecule has 0 aliphatic heterocycles. The first-order chi connectivity index (χ1) is 9.37. The highest BCUT2D eigenvalue weighted by molar-refractivity contribution is 9.10. The first-order valence-corrected chi connectivity index (χ1v) is 7.35. The van der Waals surface area contributed by atoms with Gasteiger partial charge in [0, 0.05) is 28.3 Å². The number of aromatic nitrogens is 1. The molecule has 1 aromatic heterocycles. The molecule has 0 atom stereocenters. The molecule has 0 N–H and O–H groups in total. The zero-order chi connectivity index (χ0) is 14.5. The van der Waals surface area contributed by atoms with Crippen LogP contribution in [0.3, 0.4) is 0 Å². The Morgan fingerprint density at radius 1 is 1.25 bits per heavy atom. The summed E-state index contributed by atoms with van der Waals surface area (Å²) in [5.41, 5.74) is 2.63. The standard InChI is InChI=1S/C16H15BrFNO/c1-16(2)8-14-11(15(20)9-16)5-6-19(14)13-4-3-10(18)7-12(13)17/h3-7H,8-9H2,1-2H3. The molecular weight excluding hydrogens is 321 g/mol. The van der Waals surface area contributed by atoms with E-state index in [1.807, 2.05) is 16.8 Å². The van der Waals surface area contributed by atoms with Crippen molar-refractivity contribution in [3.8, 4) is 5.69 Å². The minimum Gasteiger partial charge on any atom is -0.319 e. The zero-order valence-electron chi connectivity index (χ0n) is 11.4. The molecule has 0 spiro atoms. The Labute approximate surface area is 125 Å². The van der Waals surface area contributed by atoms with Gasteiger partial charge in [0.1, 0.15) is 5.82 Å². The van der Waals surface area contributed by atoms with Crippen LogP contribution in [0.15, 0.2) is 34.9 Å². The van der Waals surface area contributed by atoms with Gasteiger partial charge in [-0.3, -0.25) is 4.79 Å². The van der Waals surface area contributed by atoms with Gasteiger partial charge in [-0.25, -0.2) is 4.39 Å². The smallest absolute Gasteiger partial charge is 0.165 e. The third kappa shape index (κ3) is 2.22. The molecule has 0 saturated carbocycles. The number of hydrogen-bond donors (Lipinski definition) is 0. The summed E-state index contributed by atoms with van der Waals surface area (Å²) in [6.07, 6.45) is 3.31. The van der Waals surface area contributed by atoms with Gasteiger partial charge < -0.3 is 4.57 Å². The zero-order valence-corrected chi connectivity index (χ0v) is 13.0. The Morgan fingerprint density at radius 2 is 2.00 bits per heavy atom. The van der Waals surface area contributed by atoms with Gasteiger partial charge in [0.15, 0.2) is 5.78 Å². The van der Waals surface area contributed by atoms with Crippen LogP contribution in [0.1, 0.15) is 36.3 Å². The van der Waals surface area contributed by atoms with Crippen LogP contribution in [0.2, 0.25) is 0 Å². The van der Waals surface area contributed by atoms with E-state index in [0.29, 0.717) is 10.9 Å². The average Bonchev–Trinajstić information content (AvgIpc) is 2.71. The van der Waals surface area contributed by atoms with Gasteiger partial charge in [-0.1, -0.05) is 13.8 Å². The Kier molecular flexibility index (Phi) is 3.09. The molecule has 2 nitrogen and oxygen atoms in total. The lowest BCUT2D eigenvalue weighted by Crippen LogP contribution is -2.27. The summed E-state index contributed by atoms with van der Waals surface area (Å²) in [5.74, 6) is -0.0914. The number of fused-ring (bicyclic) bond motifs is 1. The van der Waals surface area contributed by atoms with Crippen molar-refractivity contribution >= 4 is 21.7 Å². The summed E-state index contributed by atoms with van der Waals surface area (Å²) in [6.45, 7) is 4.20. The number of carbonyl (C=O) groups excluding carboxylic acids is 1. The van der Waals surface area contributed by atoms with E-state index in [4.69, 9.17) is 0 Å². The van der Waals surface area contributed by atoms with Gasteiger partial charge in [-0.15, -0.1) is 0 Å². The Hall–Kier alpha value is -1.42. The third-order valence-electron chi connectivity index (χ3n) is 3.75. The van der Waals surface area contributed by atoms with Crippen LogP contribution in [-0.4, -0.2) is 10.4 Å². The Balaban J connectivity index is 2.16. The van der Waals surface area contributed by atoms with Crippen molar-refractivity contribution in [2.75, 3.05) is 0 Å². The molecule has 3 rings (SSSR count). The quantitative estimate of drug-likeness (QED) is 0.750. The van der Waals surface area contributed by atoms with E-state index in [9.17, 15) is 9.18 Å². The van der Waals surface area contributed by atoms with Gasteiger partial charge in [0.05, 0.1) is 5.69 Å². The van der Waals surface area contributed by atoms with Gasteiger partial charge in [0.2, 0.25) is 0 Å². The second-order valence-corrected chi connectivity index (χ2v) is 6.94. The maximum atomic E-state index is 13.2. The lowest BCUT2D eigenvalue weighted by Gasteiger charge is -2.29. The highest BCUT2D eigenvalue weighted by atomic mass is 79.9. The van der Waals surface area contributed by atoms with Gasteiger partial charge >= 0.3 is 0 Å². The van der Waals surface area contributed by atoms with Crippen molar-refractivity contribution in [1.82, 2.24) is 4.57 Å². The molecule has 0 saturated heterocycles. The van der Waals surface area contributed by atoms with Crippen molar-refractivity contribution in [1.29, 1.82) is 0 Å². The van der Waals surface area contributed by atoms with E-state index >= 15 is 0 Å². The predicted molar refractivity (Wildman–Crippen MR) is 79.9 cm³/mol. The highest BCUT2D eigenvalue weighted by Gasteiger charge is 2.33. The largest absolute Gasteiger partial charge is 0.319 e. The van der Waals surface area contributed by atoms with E-state index < -0.39 is 0 Å². The molecule has 0 amide bonds. The van der Waals surface area contributed by atoms with Crippen molar-refractivity contribution in [2.45, 2.75) is 26.7 Å². The number of carbonyl (C=O) groups is 1. The van der Waals surface area contributed by atoms with Crippen molar-refractivity contribution in [3.05, 3.63) is 52.0 Å². The highest BCUT2D eigenvalue weighted by Crippen LogP contribution is 2.37. The lowest BCUT2D eigenvalue weighted by molar-refractivity contribution is 0.0911. The minimum atomic E-state index is -0.280. The molecule has 0 fully saturated rings. The van der Waals surface area contributed by atoms with Crippen LogP contribution in [-0.2, 0) is 6.42 Å². The van der Waals surface area contributed by atoms with Crippen LogP contribution in [0, 0.1) is 11.2 Å². The number of hydrogen-bond acceptors (Lipinski definition) is 1. The van der Waals surface area contributed by atoms with Crippen LogP contribution < -0.4 is 0 Å². The van der Waals surface area contributed by atoms with E-state index in [0.717, 1.165) is 23.4 Å². The van der Waals surface area contributed by atoms with Crippen LogP contribution in [0.25, 0.3) is 5.69 Å². The summed E-state index contributed by atoms with van der Waals surface area (Å²) >= 11 is 3.39. The average molecular weight is 336 g/mol. The molecule has 104 valence electrons. The molecule has 0 bridgehead atoms. The van der Waals surface area contributed by atoms with E-state index in [-0.39, 0.29) is 17.0 Å². The molecule has 1 heterocycles. The molecule has 20 heavy (non-hydrogen) atoms. The van der Waals surface area contributed by atoms with Gasteiger partial charge in [-0.2, -0.15) is 0 Å². The number of Topliss-reactive ketones (excluding diaryl/α,β-unsaturated/α-hetero) is 1. The summed E-state index contributed by atoms with van der Waals surface area (Å²) in [5, 5.41) is 0. The normalized spacial score (nSPS) is 17.1. The molecule has 1 aromatic carbocycles. The predicted octanol–water partition coefficient (Wildman–Crippen LogP) is 4.53. The van der Waals surface area contributed by atoms with Crippen LogP contribution in [0.4, 0.5) is 4.39 Å². The summed E-state index contributed by atoms with van der Waals surface area (Å²) in [7, 11) is 0. The summed E-state index contributed by atoms with van der Waals surface area (Å²) in [6, 6.07) is 6.47. The third-order valence-corrected chi connectivity index (χ3v) is 4.38. The fourth-order valence-electron chi connectivity index (χ4n) is 2.85. The Morgan fingerprint density at radius 3 is 2.70 bits per heavy atom. The maximum absolute atomic E-state index is 13.2. The molecule has 1 aliphatic carbocycles. The number of ketones is 1.